The molecule has 1 aromatic heterocycles. The lowest BCUT2D eigenvalue weighted by molar-refractivity contribution is -0.0108. The molecule has 0 saturated heterocycles. The van der Waals surface area contributed by atoms with Crippen LogP contribution < -0.4 is 5.32 Å². The van der Waals surface area contributed by atoms with E-state index in [4.69, 9.17) is 4.74 Å². The number of methoxy groups -OCH3 is 1. The first-order valence-electron chi connectivity index (χ1n) is 6.65. The maximum atomic E-state index is 5.71. The summed E-state index contributed by atoms with van der Waals surface area (Å²) < 4.78 is 5.71. The van der Waals surface area contributed by atoms with E-state index in [1.54, 1.807) is 7.11 Å². The monoisotopic (exact) mass is 250 g/mol. The summed E-state index contributed by atoms with van der Waals surface area (Å²) in [6.45, 7) is 9.70. The SMILES string of the molecule is CCNC(Cc1ccccn1)C(OC)C(C)(C)C. The van der Waals surface area contributed by atoms with Gasteiger partial charge in [0.1, 0.15) is 0 Å². The molecule has 0 fully saturated rings. The zero-order chi connectivity index (χ0) is 13.6. The number of hydrogen-bond acceptors (Lipinski definition) is 3. The molecule has 3 nitrogen and oxygen atoms in total. The maximum Gasteiger partial charge on any atom is 0.0776 e. The van der Waals surface area contributed by atoms with Gasteiger partial charge in [-0.25, -0.2) is 0 Å². The van der Waals surface area contributed by atoms with Crippen LogP contribution in [0.1, 0.15) is 33.4 Å². The van der Waals surface area contributed by atoms with Crippen LogP contribution in [-0.4, -0.2) is 30.8 Å². The van der Waals surface area contributed by atoms with Crippen LogP contribution >= 0.6 is 0 Å². The summed E-state index contributed by atoms with van der Waals surface area (Å²) in [4.78, 5) is 4.40. The van der Waals surface area contributed by atoms with E-state index in [0.717, 1.165) is 18.7 Å². The smallest absolute Gasteiger partial charge is 0.0776 e. The molecule has 102 valence electrons. The highest BCUT2D eigenvalue weighted by molar-refractivity contribution is 5.06. The molecular weight excluding hydrogens is 224 g/mol. The van der Waals surface area contributed by atoms with Crippen molar-refractivity contribution in [2.24, 2.45) is 5.41 Å². The zero-order valence-corrected chi connectivity index (χ0v) is 12.2. The standard InChI is InChI=1S/C15H26N2O/c1-6-16-13(14(18-5)15(2,3)4)11-12-9-7-8-10-17-12/h7-10,13-14,16H,6,11H2,1-5H3. The van der Waals surface area contributed by atoms with E-state index in [9.17, 15) is 0 Å². The van der Waals surface area contributed by atoms with Gasteiger partial charge in [0.15, 0.2) is 0 Å². The third kappa shape index (κ3) is 4.39. The van der Waals surface area contributed by atoms with Gasteiger partial charge in [0.25, 0.3) is 0 Å². The van der Waals surface area contributed by atoms with Gasteiger partial charge in [0.05, 0.1) is 6.10 Å². The number of rotatable bonds is 6. The fraction of sp³-hybridized carbons (Fsp3) is 0.667. The fourth-order valence-electron chi connectivity index (χ4n) is 2.41. The van der Waals surface area contributed by atoms with Crippen molar-refractivity contribution in [2.45, 2.75) is 46.3 Å². The average Bonchev–Trinajstić information content (AvgIpc) is 2.29. The highest BCUT2D eigenvalue weighted by atomic mass is 16.5. The molecule has 0 amide bonds. The van der Waals surface area contributed by atoms with E-state index in [-0.39, 0.29) is 17.6 Å². The lowest BCUT2D eigenvalue weighted by Crippen LogP contribution is -2.49. The highest BCUT2D eigenvalue weighted by Gasteiger charge is 2.32. The van der Waals surface area contributed by atoms with Crippen LogP contribution in [-0.2, 0) is 11.2 Å². The lowest BCUT2D eigenvalue weighted by Gasteiger charge is -2.36. The van der Waals surface area contributed by atoms with Gasteiger partial charge in [-0.05, 0) is 24.1 Å². The Morgan fingerprint density at radius 3 is 2.50 bits per heavy atom. The highest BCUT2D eigenvalue weighted by Crippen LogP contribution is 2.25. The lowest BCUT2D eigenvalue weighted by atomic mass is 9.83. The van der Waals surface area contributed by atoms with Crippen LogP contribution in [0, 0.1) is 5.41 Å². The molecule has 0 aliphatic heterocycles. The first-order valence-corrected chi connectivity index (χ1v) is 6.65. The molecule has 0 radical (unpaired) electrons. The number of hydrogen-bond donors (Lipinski definition) is 1. The van der Waals surface area contributed by atoms with Crippen molar-refractivity contribution in [1.82, 2.24) is 10.3 Å². The second kappa shape index (κ2) is 6.86. The van der Waals surface area contributed by atoms with Gasteiger partial charge in [0.2, 0.25) is 0 Å². The van der Waals surface area contributed by atoms with Crippen molar-refractivity contribution in [3.63, 3.8) is 0 Å². The summed E-state index contributed by atoms with van der Waals surface area (Å²) >= 11 is 0. The fourth-order valence-corrected chi connectivity index (χ4v) is 2.41. The van der Waals surface area contributed by atoms with E-state index in [2.05, 4.69) is 44.1 Å². The summed E-state index contributed by atoms with van der Waals surface area (Å²) in [5, 5.41) is 3.52. The first kappa shape index (κ1) is 15.1. The van der Waals surface area contributed by atoms with Crippen molar-refractivity contribution in [3.05, 3.63) is 30.1 Å². The Kier molecular flexibility index (Phi) is 5.76. The Morgan fingerprint density at radius 2 is 2.06 bits per heavy atom. The largest absolute Gasteiger partial charge is 0.379 e. The van der Waals surface area contributed by atoms with Gasteiger partial charge in [-0.3, -0.25) is 4.98 Å². The second-order valence-electron chi connectivity index (χ2n) is 5.71. The molecular formula is C15H26N2O. The molecule has 0 spiro atoms. The summed E-state index contributed by atoms with van der Waals surface area (Å²) in [7, 11) is 1.79. The molecule has 1 heterocycles. The molecule has 18 heavy (non-hydrogen) atoms. The van der Waals surface area contributed by atoms with Crippen molar-refractivity contribution < 1.29 is 4.74 Å². The number of ether oxygens (including phenoxy) is 1. The summed E-state index contributed by atoms with van der Waals surface area (Å²) in [5.74, 6) is 0. The number of nitrogens with one attached hydrogen (secondary N) is 1. The minimum atomic E-state index is 0.108. The zero-order valence-electron chi connectivity index (χ0n) is 12.2. The normalized spacial score (nSPS) is 15.4. The Labute approximate surface area is 111 Å². The van der Waals surface area contributed by atoms with Gasteiger partial charge < -0.3 is 10.1 Å². The van der Waals surface area contributed by atoms with Crippen LogP contribution in [0.5, 0.6) is 0 Å². The molecule has 0 aromatic carbocycles. The molecule has 1 N–H and O–H groups in total. The van der Waals surface area contributed by atoms with Gasteiger partial charge in [-0.1, -0.05) is 33.8 Å². The van der Waals surface area contributed by atoms with E-state index >= 15 is 0 Å². The Hall–Kier alpha value is -0.930. The van der Waals surface area contributed by atoms with Crippen LogP contribution in [0.4, 0.5) is 0 Å². The van der Waals surface area contributed by atoms with Gasteiger partial charge in [-0.2, -0.15) is 0 Å². The summed E-state index contributed by atoms with van der Waals surface area (Å²) in [5.41, 5.74) is 1.21. The number of nitrogens with zero attached hydrogens (tertiary/aromatic N) is 1. The van der Waals surface area contributed by atoms with Gasteiger partial charge >= 0.3 is 0 Å². The van der Waals surface area contributed by atoms with E-state index in [1.807, 2.05) is 18.3 Å². The van der Waals surface area contributed by atoms with Crippen LogP contribution in [0.25, 0.3) is 0 Å². The Morgan fingerprint density at radius 1 is 1.33 bits per heavy atom. The van der Waals surface area contributed by atoms with E-state index < -0.39 is 0 Å². The molecule has 3 heteroatoms. The Bertz CT molecular complexity index is 332. The molecule has 2 unspecified atom stereocenters. The molecule has 0 aliphatic carbocycles. The predicted octanol–water partition coefficient (Wildman–Crippen LogP) is 2.66. The van der Waals surface area contributed by atoms with Crippen molar-refractivity contribution in [1.29, 1.82) is 0 Å². The topological polar surface area (TPSA) is 34.2 Å². The molecule has 0 bridgehead atoms. The molecule has 0 saturated carbocycles. The molecule has 1 aromatic rings. The number of likely N-dealkylation sites (N-methyl/N-ethyl adjacent to an activating group) is 1. The molecule has 2 atom stereocenters. The van der Waals surface area contributed by atoms with E-state index in [1.165, 1.54) is 0 Å². The third-order valence-electron chi connectivity index (χ3n) is 3.09. The first-order chi connectivity index (χ1) is 8.49. The van der Waals surface area contributed by atoms with Crippen LogP contribution in [0.2, 0.25) is 0 Å². The quantitative estimate of drug-likeness (QED) is 0.843. The average molecular weight is 250 g/mol. The second-order valence-corrected chi connectivity index (χ2v) is 5.71. The number of pyridine rings is 1. The Balaban J connectivity index is 2.81. The minimum absolute atomic E-state index is 0.108. The van der Waals surface area contributed by atoms with Gasteiger partial charge in [-0.15, -0.1) is 0 Å². The van der Waals surface area contributed by atoms with Crippen molar-refractivity contribution >= 4 is 0 Å². The maximum absolute atomic E-state index is 5.71. The van der Waals surface area contributed by atoms with Crippen molar-refractivity contribution in [2.75, 3.05) is 13.7 Å². The minimum Gasteiger partial charge on any atom is -0.379 e. The molecule has 0 aliphatic rings. The third-order valence-corrected chi connectivity index (χ3v) is 3.09. The number of aromatic nitrogens is 1. The molecule has 1 rings (SSSR count). The van der Waals surface area contributed by atoms with Gasteiger partial charge in [0, 0.05) is 31.5 Å². The van der Waals surface area contributed by atoms with E-state index in [0.29, 0.717) is 0 Å². The van der Waals surface area contributed by atoms with Crippen LogP contribution in [0.3, 0.4) is 0 Å². The van der Waals surface area contributed by atoms with Crippen molar-refractivity contribution in [3.8, 4) is 0 Å². The summed E-state index contributed by atoms with van der Waals surface area (Å²) in [6, 6.07) is 6.34. The predicted molar refractivity (Wildman–Crippen MR) is 75.7 cm³/mol. The van der Waals surface area contributed by atoms with Crippen LogP contribution in [0.15, 0.2) is 24.4 Å². The summed E-state index contributed by atoms with van der Waals surface area (Å²) in [6.07, 6.45) is 2.90.